The highest BCUT2D eigenvalue weighted by Crippen LogP contribution is 2.23. The zero-order valence-electron chi connectivity index (χ0n) is 9.11. The van der Waals surface area contributed by atoms with Gasteiger partial charge in [0.2, 0.25) is 0 Å². The standard InChI is InChI=1S/C14H14.H3P/c1-2-12-8-6-7-11-14(12)13-9-4-3-5-10-13;/h3-11H,2H2,1H3;1H3. The number of rotatable bonds is 2. The summed E-state index contributed by atoms with van der Waals surface area (Å²) in [4.78, 5) is 0. The van der Waals surface area contributed by atoms with Crippen molar-refractivity contribution >= 4 is 9.90 Å². The Balaban J connectivity index is 0.00000112. The van der Waals surface area contributed by atoms with Gasteiger partial charge in [0.05, 0.1) is 0 Å². The molecule has 0 aliphatic rings. The quantitative estimate of drug-likeness (QED) is 0.666. The monoisotopic (exact) mass is 216 g/mol. The fourth-order valence-electron chi connectivity index (χ4n) is 1.73. The van der Waals surface area contributed by atoms with Gasteiger partial charge in [0.25, 0.3) is 0 Å². The van der Waals surface area contributed by atoms with Crippen LogP contribution in [-0.2, 0) is 6.42 Å². The van der Waals surface area contributed by atoms with Crippen LogP contribution in [0.25, 0.3) is 11.1 Å². The first-order valence-corrected chi connectivity index (χ1v) is 5.05. The molecule has 78 valence electrons. The summed E-state index contributed by atoms with van der Waals surface area (Å²) in [6.45, 7) is 2.20. The van der Waals surface area contributed by atoms with Crippen LogP contribution >= 0.6 is 9.90 Å². The van der Waals surface area contributed by atoms with Gasteiger partial charge in [-0.25, -0.2) is 0 Å². The minimum atomic E-state index is 0. The SMILES string of the molecule is CCc1ccccc1-c1ccccc1.P. The van der Waals surface area contributed by atoms with Crippen molar-refractivity contribution in [1.82, 2.24) is 0 Å². The van der Waals surface area contributed by atoms with Gasteiger partial charge in [-0.3, -0.25) is 0 Å². The summed E-state index contributed by atoms with van der Waals surface area (Å²) in [5, 5.41) is 0. The van der Waals surface area contributed by atoms with E-state index in [0.717, 1.165) is 6.42 Å². The Bertz CT molecular complexity index is 407. The molecule has 0 fully saturated rings. The number of aryl methyl sites for hydroxylation is 1. The van der Waals surface area contributed by atoms with E-state index in [2.05, 4.69) is 61.5 Å². The van der Waals surface area contributed by atoms with Gasteiger partial charge in [-0.15, -0.1) is 0 Å². The first kappa shape index (κ1) is 11.9. The topological polar surface area (TPSA) is 0 Å². The van der Waals surface area contributed by atoms with E-state index in [9.17, 15) is 0 Å². The molecule has 1 atom stereocenters. The molecule has 0 bridgehead atoms. The fourth-order valence-corrected chi connectivity index (χ4v) is 1.73. The fraction of sp³-hybridized carbons (Fsp3) is 0.143. The first-order valence-electron chi connectivity index (χ1n) is 5.05. The van der Waals surface area contributed by atoms with E-state index in [1.165, 1.54) is 16.7 Å². The molecule has 2 aromatic rings. The number of hydrogen-bond acceptors (Lipinski definition) is 0. The minimum Gasteiger partial charge on any atom is -0.153 e. The van der Waals surface area contributed by atoms with Crippen LogP contribution in [0.2, 0.25) is 0 Å². The molecule has 15 heavy (non-hydrogen) atoms. The third-order valence-corrected chi connectivity index (χ3v) is 2.48. The molecule has 0 saturated heterocycles. The smallest absolute Gasteiger partial charge is 0.0152 e. The lowest BCUT2D eigenvalue weighted by atomic mass is 9.98. The average Bonchev–Trinajstić information content (AvgIpc) is 2.30. The van der Waals surface area contributed by atoms with Crippen LogP contribution in [0.3, 0.4) is 0 Å². The predicted molar refractivity (Wildman–Crippen MR) is 72.4 cm³/mol. The van der Waals surface area contributed by atoms with Gasteiger partial charge in [0, 0.05) is 0 Å². The molecule has 0 N–H and O–H groups in total. The van der Waals surface area contributed by atoms with Crippen molar-refractivity contribution < 1.29 is 0 Å². The molecule has 0 amide bonds. The molecule has 1 heteroatoms. The Labute approximate surface area is 95.0 Å². The van der Waals surface area contributed by atoms with Crippen molar-refractivity contribution in [3.63, 3.8) is 0 Å². The van der Waals surface area contributed by atoms with E-state index < -0.39 is 0 Å². The van der Waals surface area contributed by atoms with Gasteiger partial charge < -0.3 is 0 Å². The van der Waals surface area contributed by atoms with Crippen LogP contribution in [-0.4, -0.2) is 0 Å². The Morgan fingerprint density at radius 3 is 2.07 bits per heavy atom. The lowest BCUT2D eigenvalue weighted by molar-refractivity contribution is 1.14. The van der Waals surface area contributed by atoms with E-state index in [1.54, 1.807) is 0 Å². The van der Waals surface area contributed by atoms with Gasteiger partial charge in [-0.05, 0) is 23.1 Å². The Hall–Kier alpha value is -1.13. The van der Waals surface area contributed by atoms with Crippen molar-refractivity contribution in [3.8, 4) is 11.1 Å². The van der Waals surface area contributed by atoms with Crippen LogP contribution in [0.4, 0.5) is 0 Å². The molecule has 0 spiro atoms. The molecule has 0 aromatic heterocycles. The summed E-state index contributed by atoms with van der Waals surface area (Å²) in [6.07, 6.45) is 1.09. The second-order valence-corrected chi connectivity index (χ2v) is 3.38. The highest BCUT2D eigenvalue weighted by molar-refractivity contribution is 6.92. The molecule has 0 radical (unpaired) electrons. The number of hydrogen-bond donors (Lipinski definition) is 0. The zero-order chi connectivity index (χ0) is 9.80. The maximum Gasteiger partial charge on any atom is -0.0152 e. The Kier molecular flexibility index (Phi) is 4.52. The maximum absolute atomic E-state index is 2.20. The van der Waals surface area contributed by atoms with Crippen molar-refractivity contribution in [2.45, 2.75) is 13.3 Å². The van der Waals surface area contributed by atoms with Crippen LogP contribution in [0.1, 0.15) is 12.5 Å². The lowest BCUT2D eigenvalue weighted by Crippen LogP contribution is -1.85. The second kappa shape index (κ2) is 5.68. The van der Waals surface area contributed by atoms with Gasteiger partial charge >= 0.3 is 0 Å². The molecular formula is C14H17P. The predicted octanol–water partition coefficient (Wildman–Crippen LogP) is 3.97. The van der Waals surface area contributed by atoms with E-state index >= 15 is 0 Å². The summed E-state index contributed by atoms with van der Waals surface area (Å²) in [5.74, 6) is 0. The molecule has 2 aromatic carbocycles. The molecule has 0 aliphatic heterocycles. The van der Waals surface area contributed by atoms with Gasteiger partial charge in [-0.2, -0.15) is 9.90 Å². The van der Waals surface area contributed by atoms with Crippen LogP contribution in [0, 0.1) is 0 Å². The average molecular weight is 216 g/mol. The highest BCUT2D eigenvalue weighted by Gasteiger charge is 2.00. The van der Waals surface area contributed by atoms with E-state index in [-0.39, 0.29) is 9.90 Å². The summed E-state index contributed by atoms with van der Waals surface area (Å²) < 4.78 is 0. The Morgan fingerprint density at radius 2 is 1.40 bits per heavy atom. The third kappa shape index (κ3) is 2.67. The van der Waals surface area contributed by atoms with E-state index in [0.29, 0.717) is 0 Å². The maximum atomic E-state index is 2.20. The summed E-state index contributed by atoms with van der Waals surface area (Å²) in [7, 11) is 0. The van der Waals surface area contributed by atoms with Gasteiger partial charge in [-0.1, -0.05) is 61.5 Å². The first-order chi connectivity index (χ1) is 6.92. The minimum absolute atomic E-state index is 0. The molecule has 0 heterocycles. The molecule has 0 saturated carbocycles. The summed E-state index contributed by atoms with van der Waals surface area (Å²) >= 11 is 0. The number of benzene rings is 2. The molecule has 2 rings (SSSR count). The van der Waals surface area contributed by atoms with E-state index in [1.807, 2.05) is 0 Å². The molecule has 0 nitrogen and oxygen atoms in total. The van der Waals surface area contributed by atoms with E-state index in [4.69, 9.17) is 0 Å². The molecule has 1 unspecified atom stereocenters. The Morgan fingerprint density at radius 1 is 0.800 bits per heavy atom. The molecular weight excluding hydrogens is 199 g/mol. The van der Waals surface area contributed by atoms with Crippen molar-refractivity contribution in [3.05, 3.63) is 60.2 Å². The lowest BCUT2D eigenvalue weighted by Gasteiger charge is -2.06. The second-order valence-electron chi connectivity index (χ2n) is 3.38. The third-order valence-electron chi connectivity index (χ3n) is 2.48. The summed E-state index contributed by atoms with van der Waals surface area (Å²) in [5.41, 5.74) is 4.08. The normalized spacial score (nSPS) is 9.40. The van der Waals surface area contributed by atoms with Crippen molar-refractivity contribution in [1.29, 1.82) is 0 Å². The van der Waals surface area contributed by atoms with Gasteiger partial charge in [0.1, 0.15) is 0 Å². The highest BCUT2D eigenvalue weighted by atomic mass is 31.0. The van der Waals surface area contributed by atoms with Crippen LogP contribution < -0.4 is 0 Å². The van der Waals surface area contributed by atoms with Crippen LogP contribution in [0.5, 0.6) is 0 Å². The van der Waals surface area contributed by atoms with Crippen molar-refractivity contribution in [2.24, 2.45) is 0 Å². The zero-order valence-corrected chi connectivity index (χ0v) is 10.5. The largest absolute Gasteiger partial charge is 0.153 e. The summed E-state index contributed by atoms with van der Waals surface area (Å²) in [6, 6.07) is 19.1. The van der Waals surface area contributed by atoms with Gasteiger partial charge in [0.15, 0.2) is 0 Å². The van der Waals surface area contributed by atoms with Crippen LogP contribution in [0.15, 0.2) is 54.6 Å². The molecule has 0 aliphatic carbocycles. The van der Waals surface area contributed by atoms with Crippen molar-refractivity contribution in [2.75, 3.05) is 0 Å².